The molecule has 1 amide bonds. The molecule has 0 aromatic rings. The van der Waals surface area contributed by atoms with Crippen LogP contribution in [0.5, 0.6) is 0 Å². The van der Waals surface area contributed by atoms with E-state index < -0.39 is 12.1 Å². The molecule has 3 N–H and O–H groups in total. The summed E-state index contributed by atoms with van der Waals surface area (Å²) < 4.78 is 5.51. The predicted molar refractivity (Wildman–Crippen MR) is 347 cm³/mol. The van der Waals surface area contributed by atoms with Crippen LogP contribution in [-0.2, 0) is 14.3 Å². The third-order valence-corrected chi connectivity index (χ3v) is 17.7. The molecule has 2 atom stereocenters. The summed E-state index contributed by atoms with van der Waals surface area (Å²) in [5.41, 5.74) is 0. The minimum Gasteiger partial charge on any atom is -0.466 e. The van der Waals surface area contributed by atoms with E-state index in [0.29, 0.717) is 25.9 Å². The second-order valence-electron chi connectivity index (χ2n) is 25.6. The van der Waals surface area contributed by atoms with E-state index in [-0.39, 0.29) is 18.5 Å². The number of carbonyl (C=O) groups is 2. The van der Waals surface area contributed by atoms with Gasteiger partial charge in [0.05, 0.1) is 25.4 Å². The number of hydrogen-bond acceptors (Lipinski definition) is 5. The first kappa shape index (κ1) is 77.9. The molecule has 0 saturated carbocycles. The van der Waals surface area contributed by atoms with Gasteiger partial charge in [-0.2, -0.15) is 0 Å². The Labute approximate surface area is 496 Å². The summed E-state index contributed by atoms with van der Waals surface area (Å²) >= 11 is 0. The predicted octanol–water partition coefficient (Wildman–Crippen LogP) is 23.8. The van der Waals surface area contributed by atoms with Gasteiger partial charge in [0.1, 0.15) is 0 Å². The smallest absolute Gasteiger partial charge is 0.305 e. The Bertz CT molecular complexity index is 1150. The number of amides is 1. The maximum Gasteiger partial charge on any atom is 0.305 e. The van der Waals surface area contributed by atoms with Gasteiger partial charge in [0.2, 0.25) is 5.91 Å². The van der Waals surface area contributed by atoms with Crippen LogP contribution in [0.3, 0.4) is 0 Å². The first-order valence-corrected chi connectivity index (χ1v) is 36.8. The Morgan fingerprint density at radius 3 is 0.772 bits per heavy atom. The fourth-order valence-electron chi connectivity index (χ4n) is 12.1. The van der Waals surface area contributed by atoms with E-state index >= 15 is 0 Å². The second-order valence-corrected chi connectivity index (χ2v) is 25.6. The zero-order chi connectivity index (χ0) is 57.1. The molecule has 0 aliphatic heterocycles. The number of carbonyl (C=O) groups excluding carboxylic acids is 2. The summed E-state index contributed by atoms with van der Waals surface area (Å²) in [5, 5.41) is 23.4. The first-order chi connectivity index (χ1) is 39.0. The highest BCUT2D eigenvalue weighted by atomic mass is 16.5. The van der Waals surface area contributed by atoms with Crippen LogP contribution in [0.4, 0.5) is 0 Å². The Hall–Kier alpha value is -1.14. The van der Waals surface area contributed by atoms with E-state index in [1.54, 1.807) is 0 Å². The van der Waals surface area contributed by atoms with Gasteiger partial charge >= 0.3 is 5.97 Å². The molecule has 0 spiro atoms. The summed E-state index contributed by atoms with van der Waals surface area (Å²) in [6.07, 6.45) is 84.5. The number of nitrogens with one attached hydrogen (secondary N) is 1. The number of ether oxygens (including phenoxy) is 1. The average molecular weight is 1120 g/mol. The van der Waals surface area contributed by atoms with Crippen molar-refractivity contribution in [3.63, 3.8) is 0 Å². The zero-order valence-electron chi connectivity index (χ0n) is 54.2. The van der Waals surface area contributed by atoms with Crippen molar-refractivity contribution in [2.45, 2.75) is 443 Å². The number of aliphatic hydroxyl groups is 2. The summed E-state index contributed by atoms with van der Waals surface area (Å²) in [5.74, 6) is -0.00225. The molecule has 79 heavy (non-hydrogen) atoms. The van der Waals surface area contributed by atoms with Crippen molar-refractivity contribution in [1.82, 2.24) is 5.32 Å². The minimum absolute atomic E-state index is 0.0248. The third-order valence-electron chi connectivity index (χ3n) is 17.7. The Kier molecular flexibility index (Phi) is 68.4. The van der Waals surface area contributed by atoms with E-state index in [0.717, 1.165) is 38.5 Å². The van der Waals surface area contributed by atoms with Crippen LogP contribution >= 0.6 is 0 Å². The molecule has 0 aliphatic carbocycles. The van der Waals surface area contributed by atoms with Gasteiger partial charge in [-0.1, -0.05) is 393 Å². The molecule has 0 aromatic heterocycles. The van der Waals surface area contributed by atoms with Gasteiger partial charge in [0, 0.05) is 12.8 Å². The van der Waals surface area contributed by atoms with Crippen LogP contribution in [-0.4, -0.2) is 47.4 Å². The van der Waals surface area contributed by atoms with Gasteiger partial charge in [-0.3, -0.25) is 9.59 Å². The summed E-state index contributed by atoms with van der Waals surface area (Å²) in [7, 11) is 0. The van der Waals surface area contributed by atoms with Crippen LogP contribution in [0, 0.1) is 0 Å². The molecule has 0 radical (unpaired) electrons. The molecule has 0 bridgehead atoms. The fraction of sp³-hybridized carbons (Fsp3) is 0.973. The average Bonchev–Trinajstić information content (AvgIpc) is 3.45. The van der Waals surface area contributed by atoms with Crippen molar-refractivity contribution >= 4 is 11.9 Å². The molecule has 0 fully saturated rings. The summed E-state index contributed by atoms with van der Waals surface area (Å²) in [6, 6.07) is -0.538. The van der Waals surface area contributed by atoms with E-state index in [2.05, 4.69) is 19.2 Å². The molecule has 0 aromatic carbocycles. The molecule has 2 unspecified atom stereocenters. The first-order valence-electron chi connectivity index (χ1n) is 36.8. The van der Waals surface area contributed by atoms with Crippen molar-refractivity contribution in [2.75, 3.05) is 13.2 Å². The molecular weight excluding hydrogens is 971 g/mol. The van der Waals surface area contributed by atoms with E-state index in [1.165, 1.54) is 360 Å². The Balaban J connectivity index is 3.31. The lowest BCUT2D eigenvalue weighted by atomic mass is 10.0. The maximum atomic E-state index is 12.5. The third kappa shape index (κ3) is 65.9. The molecule has 0 heterocycles. The highest BCUT2D eigenvalue weighted by molar-refractivity contribution is 5.76. The van der Waals surface area contributed by atoms with Crippen LogP contribution in [0.2, 0.25) is 0 Å². The van der Waals surface area contributed by atoms with Crippen molar-refractivity contribution < 1.29 is 24.5 Å². The molecule has 0 aliphatic rings. The van der Waals surface area contributed by atoms with Gasteiger partial charge in [0.15, 0.2) is 0 Å². The van der Waals surface area contributed by atoms with Crippen molar-refractivity contribution in [3.05, 3.63) is 0 Å². The van der Waals surface area contributed by atoms with Crippen molar-refractivity contribution in [1.29, 1.82) is 0 Å². The highest BCUT2D eigenvalue weighted by Crippen LogP contribution is 2.20. The van der Waals surface area contributed by atoms with Crippen molar-refractivity contribution in [2.24, 2.45) is 0 Å². The van der Waals surface area contributed by atoms with Gasteiger partial charge < -0.3 is 20.3 Å². The van der Waals surface area contributed by atoms with Gasteiger partial charge in [-0.25, -0.2) is 0 Å². The van der Waals surface area contributed by atoms with Crippen LogP contribution in [0.1, 0.15) is 431 Å². The largest absolute Gasteiger partial charge is 0.466 e. The Morgan fingerprint density at radius 1 is 0.304 bits per heavy atom. The van der Waals surface area contributed by atoms with Gasteiger partial charge in [-0.15, -0.1) is 0 Å². The molecule has 0 saturated heterocycles. The van der Waals surface area contributed by atoms with E-state index in [9.17, 15) is 19.8 Å². The number of hydrogen-bond donors (Lipinski definition) is 3. The number of aliphatic hydroxyl groups excluding tert-OH is 2. The molecule has 0 rings (SSSR count). The molecular formula is C73H145NO5. The van der Waals surface area contributed by atoms with Crippen LogP contribution in [0.15, 0.2) is 0 Å². The molecule has 472 valence electrons. The second kappa shape index (κ2) is 69.4. The highest BCUT2D eigenvalue weighted by Gasteiger charge is 2.20. The zero-order valence-corrected chi connectivity index (χ0v) is 54.2. The SMILES string of the molecule is CCCCCCCCCCCCCCCCCCCC(=O)OCCCCCCCCCCCCCCCCCCCCCCCCCCCCCCCC(=O)NC(CO)C(O)CCCCCCCCCCCCCCCCCC. The standard InChI is InChI=1S/C73H145NO5/c1-3-5-7-9-11-13-15-17-19-34-39-43-47-51-55-59-63-67-73(78)79-68-64-60-56-52-48-44-40-36-33-31-29-27-25-23-21-22-24-26-28-30-32-35-38-42-46-50-54-58-62-66-72(77)74-70(69-75)71(76)65-61-57-53-49-45-41-37-20-18-16-14-12-10-8-6-4-2/h70-71,75-76H,3-69H2,1-2H3,(H,74,77). The van der Waals surface area contributed by atoms with Crippen LogP contribution in [0.25, 0.3) is 0 Å². The molecule has 6 nitrogen and oxygen atoms in total. The quantitative estimate of drug-likeness (QED) is 0.0417. The fourth-order valence-corrected chi connectivity index (χ4v) is 12.1. The number of unbranched alkanes of at least 4 members (excludes halogenated alkanes) is 59. The number of esters is 1. The topological polar surface area (TPSA) is 95.9 Å². The van der Waals surface area contributed by atoms with E-state index in [1.807, 2.05) is 0 Å². The van der Waals surface area contributed by atoms with Gasteiger partial charge in [0.25, 0.3) is 0 Å². The Morgan fingerprint density at radius 2 is 0.519 bits per heavy atom. The lowest BCUT2D eigenvalue weighted by Gasteiger charge is -2.22. The molecule has 6 heteroatoms. The lowest BCUT2D eigenvalue weighted by molar-refractivity contribution is -0.143. The van der Waals surface area contributed by atoms with E-state index in [4.69, 9.17) is 4.74 Å². The normalized spacial score (nSPS) is 12.4. The minimum atomic E-state index is -0.661. The lowest BCUT2D eigenvalue weighted by Crippen LogP contribution is -2.45. The monoisotopic (exact) mass is 1120 g/mol. The van der Waals surface area contributed by atoms with Crippen LogP contribution < -0.4 is 5.32 Å². The van der Waals surface area contributed by atoms with Crippen molar-refractivity contribution in [3.8, 4) is 0 Å². The summed E-state index contributed by atoms with van der Waals surface area (Å²) in [6.45, 7) is 5.01. The maximum absolute atomic E-state index is 12.5. The summed E-state index contributed by atoms with van der Waals surface area (Å²) in [4.78, 5) is 24.6. The number of rotatable bonds is 70. The van der Waals surface area contributed by atoms with Gasteiger partial charge in [-0.05, 0) is 25.7 Å².